The Balaban J connectivity index is 1.79. The molecule has 1 heterocycles. The smallest absolute Gasteiger partial charge is 0.225 e. The number of aldehydes is 1. The first-order chi connectivity index (χ1) is 13.0. The Morgan fingerprint density at radius 3 is 2.29 bits per heavy atom. The average molecular weight is 405 g/mol. The van der Waals surface area contributed by atoms with E-state index in [-0.39, 0.29) is 16.9 Å². The van der Waals surface area contributed by atoms with Crippen molar-refractivity contribution in [2.75, 3.05) is 38.2 Å². The summed E-state index contributed by atoms with van der Waals surface area (Å²) in [4.78, 5) is 27.7. The molecule has 1 saturated heterocycles. The number of nitrogens with zero attached hydrogens (tertiary/aromatic N) is 2. The van der Waals surface area contributed by atoms with Gasteiger partial charge in [0, 0.05) is 43.9 Å². The number of carbonyl (C=O) groups is 2. The molecule has 6 heteroatoms. The van der Waals surface area contributed by atoms with Crippen LogP contribution in [0.15, 0.2) is 24.3 Å². The minimum atomic E-state index is -1.77. The van der Waals surface area contributed by atoms with E-state index in [9.17, 15) is 9.59 Å². The number of piperidine rings is 1. The number of anilines is 1. The Hall–Kier alpha value is -1.66. The fourth-order valence-corrected chi connectivity index (χ4v) is 4.26. The molecule has 1 amide bonds. The predicted molar refractivity (Wildman–Crippen MR) is 118 cm³/mol. The van der Waals surface area contributed by atoms with Crippen LogP contribution in [0.1, 0.15) is 44.0 Å². The first kappa shape index (κ1) is 22.6. The van der Waals surface area contributed by atoms with Gasteiger partial charge >= 0.3 is 0 Å². The summed E-state index contributed by atoms with van der Waals surface area (Å²) in [5, 5.41) is 0.187. The Bertz CT molecular complexity index is 659. The second-order valence-corrected chi connectivity index (χ2v) is 14.1. The van der Waals surface area contributed by atoms with Crippen LogP contribution in [0.25, 0.3) is 0 Å². The van der Waals surface area contributed by atoms with Gasteiger partial charge in [0.15, 0.2) is 8.32 Å². The molecule has 1 aromatic rings. The molecule has 156 valence electrons. The summed E-state index contributed by atoms with van der Waals surface area (Å²) in [6, 6.07) is 7.65. The third-order valence-corrected chi connectivity index (χ3v) is 10.8. The van der Waals surface area contributed by atoms with Crippen molar-refractivity contribution in [2.45, 2.75) is 51.7 Å². The maximum Gasteiger partial charge on any atom is 0.225 e. The van der Waals surface area contributed by atoms with Crippen LogP contribution >= 0.6 is 0 Å². The highest BCUT2D eigenvalue weighted by atomic mass is 28.4. The zero-order chi connectivity index (χ0) is 20.9. The highest BCUT2D eigenvalue weighted by Gasteiger charge is 2.37. The van der Waals surface area contributed by atoms with E-state index in [0.29, 0.717) is 18.7 Å². The summed E-state index contributed by atoms with van der Waals surface area (Å²) >= 11 is 0. The molecule has 1 aliphatic rings. The van der Waals surface area contributed by atoms with Crippen LogP contribution in [0.3, 0.4) is 0 Å². The largest absolute Gasteiger partial charge is 0.415 e. The maximum absolute atomic E-state index is 12.8. The highest BCUT2D eigenvalue weighted by molar-refractivity contribution is 6.74. The van der Waals surface area contributed by atoms with E-state index in [1.807, 2.05) is 36.2 Å². The summed E-state index contributed by atoms with van der Waals surface area (Å²) in [6.07, 6.45) is 2.59. The lowest BCUT2D eigenvalue weighted by Gasteiger charge is -2.37. The minimum absolute atomic E-state index is 0.0865. The van der Waals surface area contributed by atoms with Crippen LogP contribution in [0.4, 0.5) is 5.69 Å². The topological polar surface area (TPSA) is 49.9 Å². The Kier molecular flexibility index (Phi) is 7.45. The first-order valence-electron chi connectivity index (χ1n) is 10.2. The molecule has 0 aromatic heterocycles. The van der Waals surface area contributed by atoms with Crippen molar-refractivity contribution in [2.24, 2.45) is 5.92 Å². The summed E-state index contributed by atoms with van der Waals surface area (Å²) in [7, 11) is 0.125. The number of benzene rings is 1. The molecule has 0 aliphatic carbocycles. The standard InChI is InChI=1S/C22H36N2O3Si/c1-22(2,3)28(5,6)27-16-15-23(4)21(26)19-11-13-24(14-12-19)20-9-7-18(17-25)8-10-20/h7-10,17,19H,11-16H2,1-6H3. The lowest BCUT2D eigenvalue weighted by atomic mass is 9.95. The van der Waals surface area contributed by atoms with E-state index in [0.717, 1.165) is 37.9 Å². The van der Waals surface area contributed by atoms with Gasteiger partial charge in [-0.2, -0.15) is 0 Å². The molecule has 1 aliphatic heterocycles. The minimum Gasteiger partial charge on any atom is -0.415 e. The van der Waals surface area contributed by atoms with Gasteiger partial charge in [-0.1, -0.05) is 20.8 Å². The number of hydrogen-bond donors (Lipinski definition) is 0. The molecular formula is C22H36N2O3Si. The molecule has 0 atom stereocenters. The van der Waals surface area contributed by atoms with Gasteiger partial charge < -0.3 is 14.2 Å². The van der Waals surface area contributed by atoms with Gasteiger partial charge in [0.1, 0.15) is 6.29 Å². The lowest BCUT2D eigenvalue weighted by Crippen LogP contribution is -2.45. The second-order valence-electron chi connectivity index (χ2n) is 9.34. The Morgan fingerprint density at radius 2 is 1.79 bits per heavy atom. The molecule has 0 N–H and O–H groups in total. The number of hydrogen-bond acceptors (Lipinski definition) is 4. The monoisotopic (exact) mass is 404 g/mol. The van der Waals surface area contributed by atoms with E-state index in [2.05, 4.69) is 38.8 Å². The van der Waals surface area contributed by atoms with E-state index in [1.165, 1.54) is 0 Å². The summed E-state index contributed by atoms with van der Waals surface area (Å²) in [5.41, 5.74) is 1.81. The van der Waals surface area contributed by atoms with Gasteiger partial charge in [-0.15, -0.1) is 0 Å². The number of rotatable bonds is 7. The molecule has 5 nitrogen and oxygen atoms in total. The van der Waals surface area contributed by atoms with Crippen molar-refractivity contribution in [3.8, 4) is 0 Å². The molecule has 28 heavy (non-hydrogen) atoms. The van der Waals surface area contributed by atoms with E-state index < -0.39 is 8.32 Å². The zero-order valence-electron chi connectivity index (χ0n) is 18.3. The molecule has 0 radical (unpaired) electrons. The van der Waals surface area contributed by atoms with Crippen LogP contribution in [-0.4, -0.2) is 58.7 Å². The van der Waals surface area contributed by atoms with Crippen LogP contribution in [-0.2, 0) is 9.22 Å². The van der Waals surface area contributed by atoms with Crippen molar-refractivity contribution in [3.05, 3.63) is 29.8 Å². The fourth-order valence-electron chi connectivity index (χ4n) is 3.22. The molecule has 0 unspecified atom stereocenters. The maximum atomic E-state index is 12.8. The van der Waals surface area contributed by atoms with Crippen molar-refractivity contribution in [1.29, 1.82) is 0 Å². The molecule has 1 aromatic carbocycles. The van der Waals surface area contributed by atoms with Crippen molar-refractivity contribution < 1.29 is 14.0 Å². The van der Waals surface area contributed by atoms with E-state index in [4.69, 9.17) is 4.43 Å². The van der Waals surface area contributed by atoms with Gasteiger partial charge in [0.05, 0.1) is 6.61 Å². The molecule has 0 bridgehead atoms. The van der Waals surface area contributed by atoms with Crippen molar-refractivity contribution in [1.82, 2.24) is 4.90 Å². The Labute approximate surface area is 171 Å². The SMILES string of the molecule is CN(CCO[Si](C)(C)C(C)(C)C)C(=O)C1CCN(c2ccc(C=O)cc2)CC1. The molecule has 1 fully saturated rings. The number of amides is 1. The number of likely N-dealkylation sites (N-methyl/N-ethyl adjacent to an activating group) is 1. The van der Waals surface area contributed by atoms with E-state index >= 15 is 0 Å². The molecule has 0 saturated carbocycles. The molecular weight excluding hydrogens is 368 g/mol. The van der Waals surface area contributed by atoms with Crippen molar-refractivity contribution in [3.63, 3.8) is 0 Å². The van der Waals surface area contributed by atoms with Crippen LogP contribution < -0.4 is 4.90 Å². The fraction of sp³-hybridized carbons (Fsp3) is 0.636. The second kappa shape index (κ2) is 9.22. The third kappa shape index (κ3) is 5.67. The van der Waals surface area contributed by atoms with Crippen molar-refractivity contribution >= 4 is 26.2 Å². The third-order valence-electron chi connectivity index (χ3n) is 6.31. The van der Waals surface area contributed by atoms with Crippen LogP contribution in [0, 0.1) is 5.92 Å². The quantitative estimate of drug-likeness (QED) is 0.505. The molecule has 2 rings (SSSR count). The van der Waals surface area contributed by atoms with Gasteiger partial charge in [-0.05, 0) is 55.2 Å². The number of carbonyl (C=O) groups excluding carboxylic acids is 2. The molecule has 0 spiro atoms. The summed E-state index contributed by atoms with van der Waals surface area (Å²) < 4.78 is 6.21. The predicted octanol–water partition coefficient (Wildman–Crippen LogP) is 4.20. The van der Waals surface area contributed by atoms with E-state index in [1.54, 1.807) is 0 Å². The average Bonchev–Trinajstić information content (AvgIpc) is 2.66. The summed E-state index contributed by atoms with van der Waals surface area (Å²) in [6.45, 7) is 14.2. The van der Waals surface area contributed by atoms with Gasteiger partial charge in [-0.25, -0.2) is 0 Å². The normalized spacial score (nSPS) is 16.1. The Morgan fingerprint density at radius 1 is 1.21 bits per heavy atom. The lowest BCUT2D eigenvalue weighted by molar-refractivity contribution is -0.135. The first-order valence-corrected chi connectivity index (χ1v) is 13.1. The van der Waals surface area contributed by atoms with Crippen LogP contribution in [0.2, 0.25) is 18.1 Å². The summed E-state index contributed by atoms with van der Waals surface area (Å²) in [5.74, 6) is 0.318. The zero-order valence-corrected chi connectivity index (χ0v) is 19.3. The highest BCUT2D eigenvalue weighted by Crippen LogP contribution is 2.36. The van der Waals surface area contributed by atoms with Gasteiger partial charge in [0.2, 0.25) is 5.91 Å². The van der Waals surface area contributed by atoms with Gasteiger partial charge in [-0.3, -0.25) is 9.59 Å². The van der Waals surface area contributed by atoms with Crippen LogP contribution in [0.5, 0.6) is 0 Å². The van der Waals surface area contributed by atoms with Gasteiger partial charge in [0.25, 0.3) is 0 Å².